The third-order valence-corrected chi connectivity index (χ3v) is 6.00. The Kier molecular flexibility index (Phi) is 5.87. The first kappa shape index (κ1) is 19.8. The number of halogens is 3. The highest BCUT2D eigenvalue weighted by atomic mass is 32.2. The first-order valence-corrected chi connectivity index (χ1v) is 10.3. The Morgan fingerprint density at radius 3 is 2.48 bits per heavy atom. The molecule has 0 aliphatic carbocycles. The van der Waals surface area contributed by atoms with Gasteiger partial charge in [-0.25, -0.2) is 9.97 Å². The Labute approximate surface area is 165 Å². The molecule has 0 aliphatic rings. The van der Waals surface area contributed by atoms with Crippen LogP contribution >= 0.6 is 34.4 Å². The Morgan fingerprint density at radius 1 is 1.19 bits per heavy atom. The smallest absolute Gasteiger partial charge is 0.302 e. The van der Waals surface area contributed by atoms with E-state index in [-0.39, 0.29) is 29.0 Å². The lowest BCUT2D eigenvalue weighted by Gasteiger charge is -2.06. The maximum Gasteiger partial charge on any atom is 0.446 e. The number of nitrogens with one attached hydrogen (secondary N) is 1. The molecular formula is C17H14F3N3OS3. The maximum atomic E-state index is 12.3. The molecule has 0 radical (unpaired) electrons. The lowest BCUT2D eigenvalue weighted by molar-refractivity contribution is -0.115. The normalized spacial score (nSPS) is 11.6. The summed E-state index contributed by atoms with van der Waals surface area (Å²) >= 11 is 2.68. The second kappa shape index (κ2) is 7.99. The molecule has 142 valence electrons. The molecular weight excluding hydrogens is 415 g/mol. The molecule has 0 saturated heterocycles. The number of nitrogens with zero attached hydrogens (tertiary/aromatic N) is 2. The van der Waals surface area contributed by atoms with Crippen molar-refractivity contribution in [3.05, 3.63) is 45.9 Å². The topological polar surface area (TPSA) is 54.9 Å². The number of thioether (sulfide) groups is 1. The number of anilines is 1. The van der Waals surface area contributed by atoms with Crippen molar-refractivity contribution in [3.8, 4) is 10.6 Å². The van der Waals surface area contributed by atoms with Crippen molar-refractivity contribution in [2.75, 3.05) is 5.32 Å². The van der Waals surface area contributed by atoms with E-state index < -0.39 is 5.51 Å². The zero-order valence-corrected chi connectivity index (χ0v) is 16.7. The van der Waals surface area contributed by atoms with Gasteiger partial charge in [0.05, 0.1) is 27.7 Å². The van der Waals surface area contributed by atoms with Gasteiger partial charge in [-0.2, -0.15) is 13.2 Å². The van der Waals surface area contributed by atoms with Gasteiger partial charge in [0.2, 0.25) is 5.91 Å². The summed E-state index contributed by atoms with van der Waals surface area (Å²) in [5, 5.41) is 6.02. The highest BCUT2D eigenvalue weighted by Crippen LogP contribution is 2.36. The molecule has 2 heterocycles. The lowest BCUT2D eigenvalue weighted by atomic mass is 10.1. The second-order valence-electron chi connectivity index (χ2n) is 5.60. The Hall–Kier alpha value is -1.91. The van der Waals surface area contributed by atoms with E-state index >= 15 is 0 Å². The average Bonchev–Trinajstić information content (AvgIpc) is 3.13. The van der Waals surface area contributed by atoms with E-state index in [1.807, 2.05) is 19.2 Å². The van der Waals surface area contributed by atoms with Crippen LogP contribution in [0, 0.1) is 13.8 Å². The van der Waals surface area contributed by atoms with Gasteiger partial charge in [-0.3, -0.25) is 4.79 Å². The van der Waals surface area contributed by atoms with E-state index in [4.69, 9.17) is 0 Å². The number of hydrogen-bond donors (Lipinski definition) is 1. The molecule has 1 aromatic carbocycles. The minimum absolute atomic E-state index is 0.0601. The number of alkyl halides is 3. The van der Waals surface area contributed by atoms with Gasteiger partial charge in [0.1, 0.15) is 0 Å². The van der Waals surface area contributed by atoms with Crippen LogP contribution in [0.25, 0.3) is 10.6 Å². The first-order valence-electron chi connectivity index (χ1n) is 7.74. The Balaban J connectivity index is 1.60. The summed E-state index contributed by atoms with van der Waals surface area (Å²) in [6.07, 6.45) is 0.0601. The Morgan fingerprint density at radius 2 is 1.89 bits per heavy atom. The van der Waals surface area contributed by atoms with Gasteiger partial charge in [-0.05, 0) is 43.3 Å². The van der Waals surface area contributed by atoms with Crippen LogP contribution in [0.1, 0.15) is 16.3 Å². The largest absolute Gasteiger partial charge is 0.446 e. The average molecular weight is 430 g/mol. The minimum atomic E-state index is -4.32. The zero-order valence-electron chi connectivity index (χ0n) is 14.3. The van der Waals surface area contributed by atoms with Gasteiger partial charge in [0.25, 0.3) is 0 Å². The van der Waals surface area contributed by atoms with Crippen LogP contribution in [0.5, 0.6) is 0 Å². The first-order chi connectivity index (χ1) is 12.7. The molecule has 0 saturated carbocycles. The molecule has 27 heavy (non-hydrogen) atoms. The van der Waals surface area contributed by atoms with Gasteiger partial charge in [0.15, 0.2) is 5.13 Å². The number of hydrogen-bond acceptors (Lipinski definition) is 6. The van der Waals surface area contributed by atoms with E-state index in [0.717, 1.165) is 21.3 Å². The molecule has 0 fully saturated rings. The molecule has 3 rings (SSSR count). The second-order valence-corrected chi connectivity index (χ2v) is 8.80. The number of benzene rings is 1. The fourth-order valence-electron chi connectivity index (χ4n) is 2.36. The number of carbonyl (C=O) groups excluding carboxylic acids is 1. The standard InChI is InChI=1S/C17H14F3N3OS3/c1-9-15(26-10(2)21-9)13-8-25-16(22-13)23-14(24)7-11-3-5-12(6-4-11)27-17(18,19)20/h3-6,8H,7H2,1-2H3,(H,22,23,24). The number of carbonyl (C=O) groups is 1. The van der Waals surface area contributed by atoms with Crippen molar-refractivity contribution in [2.45, 2.75) is 30.7 Å². The van der Waals surface area contributed by atoms with Crippen molar-refractivity contribution in [1.82, 2.24) is 9.97 Å². The lowest BCUT2D eigenvalue weighted by Crippen LogP contribution is -2.14. The van der Waals surface area contributed by atoms with Crippen LogP contribution in [-0.4, -0.2) is 21.4 Å². The molecule has 1 amide bonds. The van der Waals surface area contributed by atoms with Crippen LogP contribution in [-0.2, 0) is 11.2 Å². The number of amides is 1. The Bertz CT molecular complexity index is 948. The number of aromatic nitrogens is 2. The predicted octanol–water partition coefficient (Wildman–Crippen LogP) is 5.68. The summed E-state index contributed by atoms with van der Waals surface area (Å²) in [5.74, 6) is -0.274. The van der Waals surface area contributed by atoms with E-state index in [0.29, 0.717) is 10.7 Å². The molecule has 0 bridgehead atoms. The van der Waals surface area contributed by atoms with Gasteiger partial charge in [-0.1, -0.05) is 12.1 Å². The van der Waals surface area contributed by atoms with Gasteiger partial charge in [-0.15, -0.1) is 22.7 Å². The predicted molar refractivity (Wildman–Crippen MR) is 103 cm³/mol. The third kappa shape index (κ3) is 5.53. The summed E-state index contributed by atoms with van der Waals surface area (Å²) in [5.41, 5.74) is -2.02. The van der Waals surface area contributed by atoms with E-state index in [1.54, 1.807) is 11.3 Å². The molecule has 0 aliphatic heterocycles. The fourth-order valence-corrected chi connectivity index (χ4v) is 4.57. The molecule has 0 unspecified atom stereocenters. The fraction of sp³-hybridized carbons (Fsp3) is 0.235. The third-order valence-electron chi connectivity index (χ3n) is 3.41. The van der Waals surface area contributed by atoms with Gasteiger partial charge >= 0.3 is 5.51 Å². The quantitative estimate of drug-likeness (QED) is 0.531. The molecule has 2 aromatic heterocycles. The zero-order chi connectivity index (χ0) is 19.6. The summed E-state index contributed by atoms with van der Waals surface area (Å²) in [6.45, 7) is 3.84. The van der Waals surface area contributed by atoms with Gasteiger partial charge in [0, 0.05) is 10.3 Å². The summed E-state index contributed by atoms with van der Waals surface area (Å²) in [7, 11) is 0. The van der Waals surface area contributed by atoms with Crippen molar-refractivity contribution in [3.63, 3.8) is 0 Å². The summed E-state index contributed by atoms with van der Waals surface area (Å²) in [4.78, 5) is 22.0. The molecule has 10 heteroatoms. The number of aryl methyl sites for hydroxylation is 2. The van der Waals surface area contributed by atoms with Crippen molar-refractivity contribution >= 4 is 45.5 Å². The SMILES string of the molecule is Cc1nc(C)c(-c2csc(NC(=O)Cc3ccc(SC(F)(F)F)cc3)n2)s1. The van der Waals surface area contributed by atoms with Crippen molar-refractivity contribution < 1.29 is 18.0 Å². The van der Waals surface area contributed by atoms with E-state index in [9.17, 15) is 18.0 Å². The maximum absolute atomic E-state index is 12.3. The molecule has 0 atom stereocenters. The highest BCUT2D eigenvalue weighted by molar-refractivity contribution is 8.00. The molecule has 4 nitrogen and oxygen atoms in total. The van der Waals surface area contributed by atoms with Crippen molar-refractivity contribution in [2.24, 2.45) is 0 Å². The van der Waals surface area contributed by atoms with E-state index in [1.165, 1.54) is 35.6 Å². The number of rotatable bonds is 5. The summed E-state index contributed by atoms with van der Waals surface area (Å²) < 4.78 is 37.0. The van der Waals surface area contributed by atoms with Crippen LogP contribution in [0.3, 0.4) is 0 Å². The van der Waals surface area contributed by atoms with Crippen molar-refractivity contribution in [1.29, 1.82) is 0 Å². The molecule has 3 aromatic rings. The minimum Gasteiger partial charge on any atom is -0.302 e. The monoisotopic (exact) mass is 429 g/mol. The summed E-state index contributed by atoms with van der Waals surface area (Å²) in [6, 6.07) is 5.75. The molecule has 0 spiro atoms. The number of thiazole rings is 2. The van der Waals surface area contributed by atoms with Crippen LogP contribution in [0.2, 0.25) is 0 Å². The van der Waals surface area contributed by atoms with Gasteiger partial charge < -0.3 is 5.32 Å². The van der Waals surface area contributed by atoms with E-state index in [2.05, 4.69) is 15.3 Å². The highest BCUT2D eigenvalue weighted by Gasteiger charge is 2.29. The van der Waals surface area contributed by atoms with Crippen LogP contribution < -0.4 is 5.32 Å². The molecule has 1 N–H and O–H groups in total. The van der Waals surface area contributed by atoms with Crippen LogP contribution in [0.15, 0.2) is 34.5 Å². The van der Waals surface area contributed by atoms with Crippen LogP contribution in [0.4, 0.5) is 18.3 Å².